The van der Waals surface area contributed by atoms with Gasteiger partial charge in [0.05, 0.1) is 6.04 Å². The first-order chi connectivity index (χ1) is 19.8. The third kappa shape index (κ3) is 6.90. The van der Waals surface area contributed by atoms with E-state index < -0.39 is 30.7 Å². The Balaban J connectivity index is 1.37. The molecule has 9 heteroatoms. The van der Waals surface area contributed by atoms with E-state index >= 15 is 0 Å². The second-order valence-electron chi connectivity index (χ2n) is 11.1. The number of alkyl halides is 1. The second kappa shape index (κ2) is 12.8. The molecule has 3 amide bonds. The zero-order valence-electron chi connectivity index (χ0n) is 23.0. The lowest BCUT2D eigenvalue weighted by atomic mass is 9.96. The molecule has 0 spiro atoms. The Morgan fingerprint density at radius 3 is 2.37 bits per heavy atom. The van der Waals surface area contributed by atoms with Crippen molar-refractivity contribution in [3.05, 3.63) is 83.7 Å². The summed E-state index contributed by atoms with van der Waals surface area (Å²) in [6, 6.07) is 17.2. The number of halogens is 2. The van der Waals surface area contributed by atoms with Gasteiger partial charge in [0.2, 0.25) is 17.7 Å². The maximum absolute atomic E-state index is 14.0. The highest BCUT2D eigenvalue weighted by Gasteiger charge is 2.44. The zero-order chi connectivity index (χ0) is 28.9. The normalized spacial score (nSPS) is 18.8. The summed E-state index contributed by atoms with van der Waals surface area (Å²) in [6.07, 6.45) is 2.98. The molecule has 41 heavy (non-hydrogen) atoms. The lowest BCUT2D eigenvalue weighted by Gasteiger charge is -2.44. The van der Waals surface area contributed by atoms with E-state index in [0.717, 1.165) is 34.7 Å². The predicted molar refractivity (Wildman–Crippen MR) is 153 cm³/mol. The van der Waals surface area contributed by atoms with Crippen LogP contribution in [0.1, 0.15) is 30.4 Å². The fourth-order valence-electron chi connectivity index (χ4n) is 5.67. The minimum absolute atomic E-state index is 0.135. The van der Waals surface area contributed by atoms with E-state index in [1.54, 1.807) is 21.9 Å². The Morgan fingerprint density at radius 2 is 1.66 bits per heavy atom. The predicted octanol–water partition coefficient (Wildman–Crippen LogP) is 3.39. The average molecular weight is 563 g/mol. The number of carbonyl (C=O) groups excluding carboxylic acids is 3. The minimum Gasteiger partial charge on any atom is -0.352 e. The summed E-state index contributed by atoms with van der Waals surface area (Å²) in [5, 5.41) is 4.72. The highest BCUT2D eigenvalue weighted by atomic mass is 19.1. The molecule has 1 saturated carbocycles. The van der Waals surface area contributed by atoms with Gasteiger partial charge >= 0.3 is 0 Å². The molecule has 0 aromatic heterocycles. The van der Waals surface area contributed by atoms with Gasteiger partial charge in [0.25, 0.3) is 0 Å². The molecule has 3 atom stereocenters. The molecule has 216 valence electrons. The molecule has 7 nitrogen and oxygen atoms in total. The number of rotatable bonds is 11. The van der Waals surface area contributed by atoms with Crippen LogP contribution < -0.4 is 11.1 Å². The van der Waals surface area contributed by atoms with Crippen LogP contribution in [0, 0.1) is 11.7 Å². The first kappa shape index (κ1) is 28.7. The van der Waals surface area contributed by atoms with Crippen molar-refractivity contribution >= 4 is 28.5 Å². The van der Waals surface area contributed by atoms with Crippen LogP contribution in [0.15, 0.2) is 66.7 Å². The molecule has 0 bridgehead atoms. The van der Waals surface area contributed by atoms with Crippen LogP contribution in [0.2, 0.25) is 0 Å². The van der Waals surface area contributed by atoms with E-state index in [2.05, 4.69) is 5.32 Å². The molecule has 2 aliphatic rings. The summed E-state index contributed by atoms with van der Waals surface area (Å²) in [5.41, 5.74) is 7.92. The van der Waals surface area contributed by atoms with E-state index in [0.29, 0.717) is 12.3 Å². The van der Waals surface area contributed by atoms with E-state index in [4.69, 9.17) is 5.73 Å². The van der Waals surface area contributed by atoms with E-state index in [1.165, 1.54) is 12.1 Å². The Morgan fingerprint density at radius 1 is 0.951 bits per heavy atom. The topological polar surface area (TPSA) is 95.7 Å². The van der Waals surface area contributed by atoms with Gasteiger partial charge in [-0.15, -0.1) is 0 Å². The summed E-state index contributed by atoms with van der Waals surface area (Å²) in [5.74, 6) is -1.06. The second-order valence-corrected chi connectivity index (χ2v) is 11.1. The zero-order valence-corrected chi connectivity index (χ0v) is 23.0. The number of fused-ring (bicyclic) bond motifs is 1. The summed E-state index contributed by atoms with van der Waals surface area (Å²) in [7, 11) is 0. The van der Waals surface area contributed by atoms with E-state index in [-0.39, 0.29) is 50.1 Å². The van der Waals surface area contributed by atoms with Crippen LogP contribution >= 0.6 is 0 Å². The van der Waals surface area contributed by atoms with Crippen molar-refractivity contribution in [3.63, 3.8) is 0 Å². The van der Waals surface area contributed by atoms with Gasteiger partial charge in [-0.1, -0.05) is 67.4 Å². The largest absolute Gasteiger partial charge is 0.352 e. The van der Waals surface area contributed by atoms with E-state index in [9.17, 15) is 23.2 Å². The summed E-state index contributed by atoms with van der Waals surface area (Å²) in [6.45, 7) is -0.440. The van der Waals surface area contributed by atoms with Gasteiger partial charge in [-0.3, -0.25) is 14.4 Å². The van der Waals surface area contributed by atoms with Gasteiger partial charge in [0.15, 0.2) is 0 Å². The molecule has 0 radical (unpaired) electrons. The molecule has 3 aromatic rings. The van der Waals surface area contributed by atoms with Crippen molar-refractivity contribution in [2.45, 2.75) is 50.2 Å². The number of amides is 3. The molecule has 1 heterocycles. The third-order valence-electron chi connectivity index (χ3n) is 8.06. The molecule has 3 N–H and O–H groups in total. The number of benzene rings is 3. The van der Waals surface area contributed by atoms with Gasteiger partial charge in [-0.2, -0.15) is 0 Å². The Kier molecular flexibility index (Phi) is 8.93. The number of hydrogen-bond acceptors (Lipinski definition) is 4. The lowest BCUT2D eigenvalue weighted by molar-refractivity contribution is -0.156. The van der Waals surface area contributed by atoms with Crippen LogP contribution in [-0.2, 0) is 27.2 Å². The molecule has 2 fully saturated rings. The van der Waals surface area contributed by atoms with Gasteiger partial charge in [0.1, 0.15) is 24.6 Å². The fraction of sp³-hybridized carbons (Fsp3) is 0.406. The first-order valence-electron chi connectivity index (χ1n) is 14.3. The average Bonchev–Trinajstić information content (AvgIpc) is 3.81. The maximum atomic E-state index is 14.0. The number of nitrogens with two attached hydrogens (primary N) is 1. The molecular weight excluding hydrogens is 526 g/mol. The lowest BCUT2D eigenvalue weighted by Crippen LogP contribution is -2.65. The monoisotopic (exact) mass is 562 g/mol. The van der Waals surface area contributed by atoms with Crippen molar-refractivity contribution in [1.29, 1.82) is 0 Å². The van der Waals surface area contributed by atoms with E-state index in [1.807, 2.05) is 42.5 Å². The van der Waals surface area contributed by atoms with Crippen LogP contribution in [0.4, 0.5) is 8.78 Å². The summed E-state index contributed by atoms with van der Waals surface area (Å²) >= 11 is 0. The number of carbonyl (C=O) groups is 3. The SMILES string of the molecule is NC(Cc1ccc(F)cc1)C(=O)N1CCN(C(Cc2ccc3ccccc3c2)C(=O)NCCF)C(=O)C1CC1CC1. The number of hydrogen-bond donors (Lipinski definition) is 2. The highest BCUT2D eigenvalue weighted by molar-refractivity contribution is 5.94. The molecule has 3 unspecified atom stereocenters. The number of nitrogens with one attached hydrogen (secondary N) is 1. The summed E-state index contributed by atoms with van der Waals surface area (Å²) in [4.78, 5) is 44.0. The van der Waals surface area contributed by atoms with Crippen molar-refractivity contribution in [3.8, 4) is 0 Å². The molecule has 1 aliphatic heterocycles. The van der Waals surface area contributed by atoms with Crippen LogP contribution in [-0.4, -0.2) is 72.0 Å². The third-order valence-corrected chi connectivity index (χ3v) is 8.06. The highest BCUT2D eigenvalue weighted by Crippen LogP contribution is 2.36. The van der Waals surface area contributed by atoms with Crippen molar-refractivity contribution in [1.82, 2.24) is 15.1 Å². The van der Waals surface area contributed by atoms with Gasteiger partial charge < -0.3 is 20.9 Å². The smallest absolute Gasteiger partial charge is 0.246 e. The quantitative estimate of drug-likeness (QED) is 0.375. The Bertz CT molecular complexity index is 1400. The minimum atomic E-state index is -0.886. The van der Waals surface area contributed by atoms with Gasteiger partial charge in [-0.25, -0.2) is 8.78 Å². The molecule has 5 rings (SSSR count). The van der Waals surface area contributed by atoms with Crippen molar-refractivity contribution in [2.75, 3.05) is 26.3 Å². The fourth-order valence-corrected chi connectivity index (χ4v) is 5.67. The van der Waals surface area contributed by atoms with Crippen molar-refractivity contribution in [2.24, 2.45) is 11.7 Å². The van der Waals surface area contributed by atoms with Gasteiger partial charge in [0, 0.05) is 26.1 Å². The maximum Gasteiger partial charge on any atom is 0.246 e. The van der Waals surface area contributed by atoms with Crippen molar-refractivity contribution < 1.29 is 23.2 Å². The Hall–Kier alpha value is -3.85. The van der Waals surface area contributed by atoms with Crippen LogP contribution in [0.5, 0.6) is 0 Å². The first-order valence-corrected chi connectivity index (χ1v) is 14.3. The van der Waals surface area contributed by atoms with Gasteiger partial charge in [-0.05, 0) is 52.8 Å². The van der Waals surface area contributed by atoms with Crippen LogP contribution in [0.25, 0.3) is 10.8 Å². The number of piperazine rings is 1. The molecule has 3 aromatic carbocycles. The molecule has 1 saturated heterocycles. The molecule has 1 aliphatic carbocycles. The molecular formula is C32H36F2N4O3. The summed E-state index contributed by atoms with van der Waals surface area (Å²) < 4.78 is 26.3. The standard InChI is InChI=1S/C32H36F2N4O3/c33-13-14-36-30(39)28(20-23-7-10-24-3-1-2-4-25(24)17-23)37-15-16-38(29(32(37)41)19-22-5-6-22)31(40)27(35)18-21-8-11-26(34)12-9-21/h1-4,7-12,17,22,27-29H,5-6,13-16,18-20,35H2,(H,36,39). The van der Waals surface area contributed by atoms with Crippen LogP contribution in [0.3, 0.4) is 0 Å². The number of nitrogens with zero attached hydrogens (tertiary/aromatic N) is 2. The Labute approximate surface area is 238 Å².